The van der Waals surface area contributed by atoms with Gasteiger partial charge < -0.3 is 20.5 Å². The highest BCUT2D eigenvalue weighted by molar-refractivity contribution is 6.31. The fourth-order valence-electron chi connectivity index (χ4n) is 7.17. The number of likely N-dealkylation sites (tertiary alicyclic amines) is 1. The van der Waals surface area contributed by atoms with E-state index in [0.29, 0.717) is 28.3 Å². The van der Waals surface area contributed by atoms with Crippen molar-refractivity contribution < 1.29 is 18.4 Å². The molecule has 1 aliphatic rings. The first kappa shape index (κ1) is 33.4. The number of aromatic nitrogens is 1. The van der Waals surface area contributed by atoms with E-state index >= 15 is 0 Å². The topological polar surface area (TPSA) is 80.4 Å². The van der Waals surface area contributed by atoms with Crippen molar-refractivity contribution >= 4 is 34.3 Å². The number of primary amides is 1. The predicted molar refractivity (Wildman–Crippen MR) is 186 cm³/mol. The number of amides is 2. The van der Waals surface area contributed by atoms with Gasteiger partial charge >= 0.3 is 0 Å². The summed E-state index contributed by atoms with van der Waals surface area (Å²) in [6.07, 6.45) is 3.61. The lowest BCUT2D eigenvalue weighted by Gasteiger charge is -2.37. The Morgan fingerprint density at radius 3 is 2.08 bits per heavy atom. The highest BCUT2D eigenvalue weighted by atomic mass is 35.5. The first-order valence-electron chi connectivity index (χ1n) is 16.4. The average molecular weight is 669 g/mol. The van der Waals surface area contributed by atoms with Gasteiger partial charge in [-0.2, -0.15) is 0 Å². The fraction of sp³-hybridized carbons (Fsp3) is 0.282. The Bertz CT molecular complexity index is 1820. The van der Waals surface area contributed by atoms with Crippen LogP contribution in [0, 0.1) is 11.6 Å². The SMILES string of the molecule is NC(=O)c1cc2cc(Cl)ccc2n1CC(=O)NCC(CCCN1CCC(c2ccccc2)CC1)(c1ccc(F)cc1)c1ccc(F)cc1. The molecule has 48 heavy (non-hydrogen) atoms. The maximum Gasteiger partial charge on any atom is 0.265 e. The van der Waals surface area contributed by atoms with Crippen LogP contribution in [0.3, 0.4) is 0 Å². The molecule has 0 atom stereocenters. The molecule has 9 heteroatoms. The Morgan fingerprint density at radius 2 is 1.48 bits per heavy atom. The number of hydrogen-bond acceptors (Lipinski definition) is 3. The van der Waals surface area contributed by atoms with Gasteiger partial charge in [0, 0.05) is 27.9 Å². The van der Waals surface area contributed by atoms with Gasteiger partial charge in [0.15, 0.2) is 0 Å². The lowest BCUT2D eigenvalue weighted by atomic mass is 9.71. The van der Waals surface area contributed by atoms with Gasteiger partial charge in [0.05, 0.1) is 0 Å². The Kier molecular flexibility index (Phi) is 10.2. The van der Waals surface area contributed by atoms with E-state index in [9.17, 15) is 18.4 Å². The zero-order chi connectivity index (χ0) is 33.7. The molecule has 0 unspecified atom stereocenters. The van der Waals surface area contributed by atoms with E-state index in [4.69, 9.17) is 17.3 Å². The van der Waals surface area contributed by atoms with Crippen LogP contribution in [0.4, 0.5) is 8.78 Å². The van der Waals surface area contributed by atoms with Gasteiger partial charge in [-0.1, -0.05) is 66.2 Å². The van der Waals surface area contributed by atoms with Crippen LogP contribution in [0.2, 0.25) is 5.02 Å². The summed E-state index contributed by atoms with van der Waals surface area (Å²) in [6.45, 7) is 2.88. The molecule has 1 aromatic heterocycles. The second-order valence-corrected chi connectivity index (χ2v) is 13.1. The number of carbonyl (C=O) groups excluding carboxylic acids is 2. The number of fused-ring (bicyclic) bond motifs is 1. The van der Waals surface area contributed by atoms with Gasteiger partial charge in [-0.15, -0.1) is 0 Å². The molecule has 1 fully saturated rings. The Morgan fingerprint density at radius 1 is 0.854 bits per heavy atom. The minimum atomic E-state index is -0.780. The number of nitrogens with one attached hydrogen (secondary N) is 1. The maximum absolute atomic E-state index is 14.2. The van der Waals surface area contributed by atoms with Crippen LogP contribution in [0.15, 0.2) is 103 Å². The highest BCUT2D eigenvalue weighted by Gasteiger charge is 2.35. The minimum Gasteiger partial charge on any atom is -0.364 e. The van der Waals surface area contributed by atoms with Gasteiger partial charge in [0.25, 0.3) is 5.91 Å². The molecule has 2 heterocycles. The van der Waals surface area contributed by atoms with Crippen LogP contribution in [-0.2, 0) is 16.8 Å². The molecule has 0 bridgehead atoms. The van der Waals surface area contributed by atoms with E-state index < -0.39 is 11.3 Å². The van der Waals surface area contributed by atoms with E-state index in [1.807, 2.05) is 6.07 Å². The summed E-state index contributed by atoms with van der Waals surface area (Å²) in [5.74, 6) is -1.16. The zero-order valence-electron chi connectivity index (χ0n) is 26.7. The summed E-state index contributed by atoms with van der Waals surface area (Å²) in [6, 6.07) is 30.1. The molecule has 0 saturated carbocycles. The van der Waals surface area contributed by atoms with Crippen molar-refractivity contribution in [2.45, 2.75) is 43.6 Å². The normalized spacial score (nSPS) is 14.3. The molecule has 6 rings (SSSR count). The van der Waals surface area contributed by atoms with Crippen molar-refractivity contribution in [3.63, 3.8) is 0 Å². The van der Waals surface area contributed by atoms with Gasteiger partial charge in [0.2, 0.25) is 5.91 Å². The largest absolute Gasteiger partial charge is 0.364 e. The monoisotopic (exact) mass is 668 g/mol. The first-order chi connectivity index (χ1) is 23.2. The number of hydrogen-bond donors (Lipinski definition) is 2. The third-order valence-electron chi connectivity index (χ3n) is 9.73. The molecule has 1 aliphatic heterocycles. The molecule has 2 amide bonds. The van der Waals surface area contributed by atoms with E-state index in [2.05, 4.69) is 34.5 Å². The predicted octanol–water partition coefficient (Wildman–Crippen LogP) is 7.43. The third-order valence-corrected chi connectivity index (χ3v) is 9.97. The molecule has 0 aliphatic carbocycles. The number of halogens is 3. The summed E-state index contributed by atoms with van der Waals surface area (Å²) in [7, 11) is 0. The minimum absolute atomic E-state index is 0.150. The number of rotatable bonds is 12. The number of benzene rings is 4. The Balaban J connectivity index is 1.23. The smallest absolute Gasteiger partial charge is 0.265 e. The van der Waals surface area contributed by atoms with Crippen LogP contribution in [0.5, 0.6) is 0 Å². The molecular weight excluding hydrogens is 630 g/mol. The van der Waals surface area contributed by atoms with Gasteiger partial charge in [-0.25, -0.2) is 8.78 Å². The van der Waals surface area contributed by atoms with E-state index in [1.54, 1.807) is 53.1 Å². The lowest BCUT2D eigenvalue weighted by Crippen LogP contribution is -2.44. The molecule has 3 N–H and O–H groups in total. The third kappa shape index (κ3) is 7.45. The van der Waals surface area contributed by atoms with Gasteiger partial charge in [-0.05, 0) is 116 Å². The summed E-state index contributed by atoms with van der Waals surface area (Å²) in [5, 5.41) is 4.31. The second kappa shape index (κ2) is 14.7. The van der Waals surface area contributed by atoms with Gasteiger partial charge in [0.1, 0.15) is 23.9 Å². The standard InChI is InChI=1S/C39H39ClF2N4O2/c40-32-11-16-35-29(23-32)24-36(38(43)48)46(35)25-37(47)44-26-39(30-7-12-33(41)13-8-30,31-9-14-34(42)15-10-31)19-4-20-45-21-17-28(18-22-45)27-5-2-1-3-6-27/h1-3,5-16,23-24,28H,4,17-22,25-26H2,(H2,43,48)(H,44,47). The Hall–Kier alpha value is -4.53. The van der Waals surface area contributed by atoms with E-state index in [-0.39, 0.29) is 36.3 Å². The van der Waals surface area contributed by atoms with E-state index in [1.165, 1.54) is 29.8 Å². The maximum atomic E-state index is 14.2. The van der Waals surface area contributed by atoms with Crippen LogP contribution in [0.1, 0.15) is 58.8 Å². The van der Waals surface area contributed by atoms with Crippen molar-refractivity contribution in [1.29, 1.82) is 0 Å². The quantitative estimate of drug-likeness (QED) is 0.145. The molecule has 248 valence electrons. The van der Waals surface area contributed by atoms with Gasteiger partial charge in [-0.3, -0.25) is 9.59 Å². The van der Waals surface area contributed by atoms with Crippen molar-refractivity contribution in [3.05, 3.63) is 142 Å². The number of carbonyl (C=O) groups is 2. The molecule has 0 radical (unpaired) electrons. The average Bonchev–Trinajstić information content (AvgIpc) is 3.45. The van der Waals surface area contributed by atoms with Crippen LogP contribution in [-0.4, -0.2) is 47.5 Å². The van der Waals surface area contributed by atoms with Crippen molar-refractivity contribution in [3.8, 4) is 0 Å². The van der Waals surface area contributed by atoms with Crippen LogP contribution < -0.4 is 11.1 Å². The van der Waals surface area contributed by atoms with Crippen molar-refractivity contribution in [2.75, 3.05) is 26.2 Å². The zero-order valence-corrected chi connectivity index (χ0v) is 27.4. The Labute approximate surface area is 284 Å². The highest BCUT2D eigenvalue weighted by Crippen LogP contribution is 2.38. The summed E-state index contributed by atoms with van der Waals surface area (Å²) in [5.41, 5.74) is 8.77. The summed E-state index contributed by atoms with van der Waals surface area (Å²) >= 11 is 6.17. The fourth-order valence-corrected chi connectivity index (χ4v) is 7.35. The molecule has 0 spiro atoms. The van der Waals surface area contributed by atoms with Crippen molar-refractivity contribution in [2.24, 2.45) is 5.73 Å². The summed E-state index contributed by atoms with van der Waals surface area (Å²) < 4.78 is 30.0. The molecular formula is C39H39ClF2N4O2. The van der Waals surface area contributed by atoms with E-state index in [0.717, 1.165) is 50.0 Å². The molecule has 4 aromatic carbocycles. The van der Waals surface area contributed by atoms with Crippen LogP contribution in [0.25, 0.3) is 10.9 Å². The van der Waals surface area contributed by atoms with Crippen LogP contribution >= 0.6 is 11.6 Å². The second-order valence-electron chi connectivity index (χ2n) is 12.7. The summed E-state index contributed by atoms with van der Waals surface area (Å²) in [4.78, 5) is 28.4. The first-order valence-corrected chi connectivity index (χ1v) is 16.7. The molecule has 6 nitrogen and oxygen atoms in total. The lowest BCUT2D eigenvalue weighted by molar-refractivity contribution is -0.121. The number of nitrogens with two attached hydrogens (primary N) is 1. The number of nitrogens with zero attached hydrogens (tertiary/aromatic N) is 2. The molecule has 1 saturated heterocycles. The molecule has 5 aromatic rings. The number of piperidine rings is 1. The van der Waals surface area contributed by atoms with Crippen molar-refractivity contribution in [1.82, 2.24) is 14.8 Å².